The Bertz CT molecular complexity index is 763. The van der Waals surface area contributed by atoms with Gasteiger partial charge in [0.05, 0.1) is 0 Å². The van der Waals surface area contributed by atoms with E-state index in [-0.39, 0.29) is 0 Å². The summed E-state index contributed by atoms with van der Waals surface area (Å²) in [6.45, 7) is 2.07. The molecule has 19 heavy (non-hydrogen) atoms. The van der Waals surface area contributed by atoms with Gasteiger partial charge in [0.25, 0.3) is 0 Å². The summed E-state index contributed by atoms with van der Waals surface area (Å²) in [4.78, 5) is 0. The maximum Gasteiger partial charge on any atom is 0.160 e. The Hall–Kier alpha value is -1.20. The summed E-state index contributed by atoms with van der Waals surface area (Å²) in [5.41, 5.74) is 3.16. The van der Waals surface area contributed by atoms with Gasteiger partial charge in [0.1, 0.15) is 5.69 Å². The highest BCUT2D eigenvalue weighted by Crippen LogP contribution is 2.33. The molecule has 0 N–H and O–H groups in total. The van der Waals surface area contributed by atoms with Crippen LogP contribution in [0.1, 0.15) is 5.56 Å². The van der Waals surface area contributed by atoms with Crippen LogP contribution in [0, 0.1) is 10.5 Å². The van der Waals surface area contributed by atoms with E-state index in [9.17, 15) is 0 Å². The molecule has 0 saturated heterocycles. The van der Waals surface area contributed by atoms with Gasteiger partial charge in [0.15, 0.2) is 5.15 Å². The minimum atomic E-state index is 0.456. The normalized spacial score (nSPS) is 10.9. The van der Waals surface area contributed by atoms with Crippen molar-refractivity contribution >= 4 is 45.0 Å². The van der Waals surface area contributed by atoms with Gasteiger partial charge >= 0.3 is 0 Å². The average molecular weight is 381 g/mol. The zero-order valence-electron chi connectivity index (χ0n) is 10.2. The van der Waals surface area contributed by atoms with E-state index >= 15 is 0 Å². The molecular formula is C15H10ClIN2. The molecule has 0 atom stereocenters. The molecule has 0 fully saturated rings. The second-order valence-electron chi connectivity index (χ2n) is 4.32. The predicted octanol–water partition coefficient (Wildman–Crippen LogP) is 4.86. The van der Waals surface area contributed by atoms with Crippen LogP contribution in [0.4, 0.5) is 0 Å². The SMILES string of the molecule is Cc1ccccc1-c1nnc(Cl)c2c(I)cccc12. The first-order valence-corrected chi connectivity index (χ1v) is 7.30. The molecule has 3 rings (SSSR count). The van der Waals surface area contributed by atoms with Crippen molar-refractivity contribution in [3.05, 3.63) is 56.8 Å². The van der Waals surface area contributed by atoms with Gasteiger partial charge in [0, 0.05) is 19.9 Å². The summed E-state index contributed by atoms with van der Waals surface area (Å²) in [5.74, 6) is 0. The van der Waals surface area contributed by atoms with Crippen molar-refractivity contribution in [1.82, 2.24) is 10.2 Å². The van der Waals surface area contributed by atoms with E-state index in [1.54, 1.807) is 0 Å². The summed E-state index contributed by atoms with van der Waals surface area (Å²) in [6.07, 6.45) is 0. The van der Waals surface area contributed by atoms with Gasteiger partial charge in [-0.25, -0.2) is 0 Å². The van der Waals surface area contributed by atoms with E-state index < -0.39 is 0 Å². The van der Waals surface area contributed by atoms with Crippen LogP contribution in [0.2, 0.25) is 5.15 Å². The Balaban J connectivity index is 2.41. The van der Waals surface area contributed by atoms with Gasteiger partial charge in [-0.2, -0.15) is 0 Å². The summed E-state index contributed by atoms with van der Waals surface area (Å²) in [6, 6.07) is 14.3. The Morgan fingerprint density at radius 1 is 1.00 bits per heavy atom. The van der Waals surface area contributed by atoms with Crippen molar-refractivity contribution in [2.24, 2.45) is 0 Å². The molecule has 0 radical (unpaired) electrons. The van der Waals surface area contributed by atoms with Crippen molar-refractivity contribution in [2.75, 3.05) is 0 Å². The van der Waals surface area contributed by atoms with E-state index in [0.717, 1.165) is 25.6 Å². The van der Waals surface area contributed by atoms with Gasteiger partial charge < -0.3 is 0 Å². The second-order valence-corrected chi connectivity index (χ2v) is 5.84. The summed E-state index contributed by atoms with van der Waals surface area (Å²) < 4.78 is 1.09. The van der Waals surface area contributed by atoms with Crippen LogP contribution in [-0.2, 0) is 0 Å². The lowest BCUT2D eigenvalue weighted by Gasteiger charge is -2.09. The smallest absolute Gasteiger partial charge is 0.148 e. The number of aryl methyl sites for hydroxylation is 1. The number of aromatic nitrogens is 2. The lowest BCUT2D eigenvalue weighted by Crippen LogP contribution is -1.94. The molecule has 2 aromatic carbocycles. The number of fused-ring (bicyclic) bond motifs is 1. The maximum atomic E-state index is 6.18. The minimum absolute atomic E-state index is 0.456. The number of rotatable bonds is 1. The Morgan fingerprint density at radius 2 is 1.79 bits per heavy atom. The molecule has 2 nitrogen and oxygen atoms in total. The van der Waals surface area contributed by atoms with Gasteiger partial charge in [-0.1, -0.05) is 48.0 Å². The minimum Gasteiger partial charge on any atom is -0.148 e. The first-order valence-electron chi connectivity index (χ1n) is 5.85. The van der Waals surface area contributed by atoms with E-state index in [2.05, 4.69) is 51.8 Å². The zero-order chi connectivity index (χ0) is 13.4. The first-order chi connectivity index (χ1) is 9.18. The molecule has 94 valence electrons. The predicted molar refractivity (Wildman–Crippen MR) is 87.4 cm³/mol. The third-order valence-electron chi connectivity index (χ3n) is 3.11. The van der Waals surface area contributed by atoms with Gasteiger partial charge in [-0.15, -0.1) is 10.2 Å². The van der Waals surface area contributed by atoms with E-state index in [0.29, 0.717) is 5.15 Å². The summed E-state index contributed by atoms with van der Waals surface area (Å²) in [7, 11) is 0. The Labute approximate surface area is 130 Å². The molecule has 3 aromatic rings. The van der Waals surface area contributed by atoms with Crippen molar-refractivity contribution in [3.63, 3.8) is 0 Å². The fourth-order valence-electron chi connectivity index (χ4n) is 2.17. The molecular weight excluding hydrogens is 371 g/mol. The molecule has 0 aliphatic heterocycles. The second kappa shape index (κ2) is 5.06. The number of halogens is 2. The Kier molecular flexibility index (Phi) is 3.41. The molecule has 0 saturated carbocycles. The standard InChI is InChI=1S/C15H10ClIN2/c1-9-5-2-3-6-10(9)14-11-7-4-8-12(17)13(11)15(16)19-18-14/h2-8H,1H3. The third-order valence-corrected chi connectivity index (χ3v) is 4.28. The monoisotopic (exact) mass is 380 g/mol. The fourth-order valence-corrected chi connectivity index (χ4v) is 3.32. The number of benzene rings is 2. The lowest BCUT2D eigenvalue weighted by molar-refractivity contribution is 1.05. The van der Waals surface area contributed by atoms with Crippen LogP contribution in [0.5, 0.6) is 0 Å². The molecule has 0 amide bonds. The molecule has 4 heteroatoms. The number of hydrogen-bond acceptors (Lipinski definition) is 2. The van der Waals surface area contributed by atoms with Crippen molar-refractivity contribution in [2.45, 2.75) is 6.92 Å². The molecule has 0 unspecified atom stereocenters. The van der Waals surface area contributed by atoms with Crippen LogP contribution < -0.4 is 0 Å². The molecule has 0 spiro atoms. The van der Waals surface area contributed by atoms with E-state index in [1.807, 2.05) is 30.3 Å². The molecule has 0 aliphatic rings. The van der Waals surface area contributed by atoms with Crippen LogP contribution in [0.15, 0.2) is 42.5 Å². The molecule has 0 bridgehead atoms. The number of nitrogens with zero attached hydrogens (tertiary/aromatic N) is 2. The highest BCUT2D eigenvalue weighted by atomic mass is 127. The maximum absolute atomic E-state index is 6.18. The highest BCUT2D eigenvalue weighted by Gasteiger charge is 2.13. The first kappa shape index (κ1) is 12.8. The van der Waals surface area contributed by atoms with Gasteiger partial charge in [0.2, 0.25) is 0 Å². The van der Waals surface area contributed by atoms with Crippen LogP contribution in [0.25, 0.3) is 22.0 Å². The van der Waals surface area contributed by atoms with E-state index in [4.69, 9.17) is 11.6 Å². The highest BCUT2D eigenvalue weighted by molar-refractivity contribution is 14.1. The summed E-state index contributed by atoms with van der Waals surface area (Å²) >= 11 is 8.46. The topological polar surface area (TPSA) is 25.8 Å². The van der Waals surface area contributed by atoms with Crippen LogP contribution in [-0.4, -0.2) is 10.2 Å². The van der Waals surface area contributed by atoms with Crippen molar-refractivity contribution in [3.8, 4) is 11.3 Å². The van der Waals surface area contributed by atoms with Gasteiger partial charge in [-0.05, 0) is 41.1 Å². The average Bonchev–Trinajstić information content (AvgIpc) is 2.40. The quantitative estimate of drug-likeness (QED) is 0.563. The molecule has 1 heterocycles. The Morgan fingerprint density at radius 3 is 2.58 bits per heavy atom. The molecule has 0 aliphatic carbocycles. The van der Waals surface area contributed by atoms with Gasteiger partial charge in [-0.3, -0.25) is 0 Å². The fraction of sp³-hybridized carbons (Fsp3) is 0.0667. The third kappa shape index (κ3) is 2.21. The van der Waals surface area contributed by atoms with Crippen LogP contribution in [0.3, 0.4) is 0 Å². The summed E-state index contributed by atoms with van der Waals surface area (Å²) in [5, 5.41) is 10.9. The largest absolute Gasteiger partial charge is 0.160 e. The van der Waals surface area contributed by atoms with E-state index in [1.165, 1.54) is 5.56 Å². The van der Waals surface area contributed by atoms with Crippen LogP contribution >= 0.6 is 34.2 Å². The van der Waals surface area contributed by atoms with Crippen molar-refractivity contribution in [1.29, 1.82) is 0 Å². The molecule has 1 aromatic heterocycles. The lowest BCUT2D eigenvalue weighted by atomic mass is 10.0. The zero-order valence-corrected chi connectivity index (χ0v) is 13.1. The number of hydrogen-bond donors (Lipinski definition) is 0. The van der Waals surface area contributed by atoms with Crippen molar-refractivity contribution < 1.29 is 0 Å².